The normalized spacial score (nSPS) is 13.1. The second kappa shape index (κ2) is 5.74. The van der Waals surface area contributed by atoms with Gasteiger partial charge in [0.2, 0.25) is 0 Å². The second-order valence-corrected chi connectivity index (χ2v) is 5.53. The number of imide groups is 1. The van der Waals surface area contributed by atoms with Crippen LogP contribution in [0.5, 0.6) is 0 Å². The molecule has 1 aromatic carbocycles. The van der Waals surface area contributed by atoms with E-state index in [1.165, 1.54) is 0 Å². The Kier molecular flexibility index (Phi) is 3.73. The molecule has 120 valence electrons. The maximum Gasteiger partial charge on any atom is 0.285 e. The van der Waals surface area contributed by atoms with Gasteiger partial charge in [0.1, 0.15) is 11.6 Å². The van der Waals surface area contributed by atoms with Crippen LogP contribution in [0, 0.1) is 25.2 Å². The molecule has 7 nitrogen and oxygen atoms in total. The first kappa shape index (κ1) is 15.6. The average Bonchev–Trinajstić information content (AvgIpc) is 2.82. The highest BCUT2D eigenvalue weighted by Gasteiger charge is 2.34. The number of aromatic nitrogens is 2. The summed E-state index contributed by atoms with van der Waals surface area (Å²) in [5, 5.41) is 13.3. The zero-order valence-corrected chi connectivity index (χ0v) is 13.2. The number of rotatable bonds is 3. The van der Waals surface area contributed by atoms with Crippen LogP contribution in [0.2, 0.25) is 0 Å². The molecule has 0 radical (unpaired) electrons. The minimum atomic E-state index is -0.516. The Morgan fingerprint density at radius 3 is 2.17 bits per heavy atom. The molecular formula is C17H14N4O3. The van der Waals surface area contributed by atoms with Crippen molar-refractivity contribution in [3.8, 4) is 6.07 Å². The minimum Gasteiger partial charge on any atom is -0.272 e. The molecule has 1 aromatic heterocycles. The van der Waals surface area contributed by atoms with Gasteiger partial charge in [-0.05, 0) is 31.5 Å². The molecule has 0 spiro atoms. The van der Waals surface area contributed by atoms with Crippen LogP contribution in [0.25, 0.3) is 0 Å². The van der Waals surface area contributed by atoms with Crippen molar-refractivity contribution in [3.05, 3.63) is 62.6 Å². The van der Waals surface area contributed by atoms with Crippen LogP contribution in [-0.4, -0.2) is 33.0 Å². The molecule has 2 heterocycles. The molecule has 0 saturated heterocycles. The first-order chi connectivity index (χ1) is 11.5. The standard InChI is InChI=1S/C17H14N4O3/c1-10-11(2)19-21(17(24)14(10)9-18)8-7-20-15(22)12-5-3-4-6-13(12)16(20)23/h3-6H,7-8H2,1-2H3. The number of carbonyl (C=O) groups excluding carboxylic acids is 2. The van der Waals surface area contributed by atoms with Crippen molar-refractivity contribution in [3.63, 3.8) is 0 Å². The molecule has 7 heteroatoms. The van der Waals surface area contributed by atoms with Gasteiger partial charge in [-0.25, -0.2) is 4.68 Å². The fraction of sp³-hybridized carbons (Fsp3) is 0.235. The molecule has 3 rings (SSSR count). The highest BCUT2D eigenvalue weighted by Crippen LogP contribution is 2.22. The third-order valence-electron chi connectivity index (χ3n) is 4.16. The van der Waals surface area contributed by atoms with E-state index in [1.54, 1.807) is 38.1 Å². The molecule has 2 amide bonds. The molecule has 0 fully saturated rings. The molecule has 0 bridgehead atoms. The van der Waals surface area contributed by atoms with Crippen LogP contribution in [0.15, 0.2) is 29.1 Å². The van der Waals surface area contributed by atoms with Gasteiger partial charge in [0.25, 0.3) is 17.4 Å². The van der Waals surface area contributed by atoms with Gasteiger partial charge in [0.15, 0.2) is 0 Å². The summed E-state index contributed by atoms with van der Waals surface area (Å²) in [6.45, 7) is 3.43. The molecule has 1 aliphatic heterocycles. The van der Waals surface area contributed by atoms with Crippen LogP contribution >= 0.6 is 0 Å². The number of aryl methyl sites for hydroxylation is 1. The predicted octanol–water partition coefficient (Wildman–Crippen LogP) is 1.03. The number of amides is 2. The summed E-state index contributed by atoms with van der Waals surface area (Å²) in [6, 6.07) is 8.48. The summed E-state index contributed by atoms with van der Waals surface area (Å²) in [7, 11) is 0. The maximum absolute atomic E-state index is 12.3. The van der Waals surface area contributed by atoms with Crippen molar-refractivity contribution < 1.29 is 9.59 Å². The van der Waals surface area contributed by atoms with Gasteiger partial charge in [0.05, 0.1) is 23.4 Å². The van der Waals surface area contributed by atoms with E-state index in [-0.39, 0.29) is 30.5 Å². The lowest BCUT2D eigenvalue weighted by atomic mass is 10.1. The zero-order chi connectivity index (χ0) is 17.4. The third-order valence-corrected chi connectivity index (χ3v) is 4.16. The number of nitrogens with zero attached hydrogens (tertiary/aromatic N) is 4. The lowest BCUT2D eigenvalue weighted by Crippen LogP contribution is -2.37. The second-order valence-electron chi connectivity index (χ2n) is 5.53. The first-order valence-electron chi connectivity index (χ1n) is 7.39. The fourth-order valence-electron chi connectivity index (χ4n) is 2.69. The molecule has 0 aliphatic carbocycles. The van der Waals surface area contributed by atoms with Crippen LogP contribution in [0.3, 0.4) is 0 Å². The smallest absolute Gasteiger partial charge is 0.272 e. The van der Waals surface area contributed by atoms with Gasteiger partial charge in [-0.1, -0.05) is 12.1 Å². The molecular weight excluding hydrogens is 308 g/mol. The number of hydrogen-bond donors (Lipinski definition) is 0. The molecule has 0 N–H and O–H groups in total. The van der Waals surface area contributed by atoms with E-state index in [2.05, 4.69) is 5.10 Å². The number of carbonyl (C=O) groups is 2. The van der Waals surface area contributed by atoms with Crippen molar-refractivity contribution in [2.75, 3.05) is 6.54 Å². The monoisotopic (exact) mass is 322 g/mol. The van der Waals surface area contributed by atoms with E-state index < -0.39 is 5.56 Å². The van der Waals surface area contributed by atoms with E-state index in [0.717, 1.165) is 9.58 Å². The summed E-state index contributed by atoms with van der Waals surface area (Å²) in [4.78, 5) is 38.0. The third kappa shape index (κ3) is 2.29. The Hall–Kier alpha value is -3.27. The summed E-state index contributed by atoms with van der Waals surface area (Å²) < 4.78 is 1.13. The fourth-order valence-corrected chi connectivity index (χ4v) is 2.69. The van der Waals surface area contributed by atoms with E-state index >= 15 is 0 Å². The summed E-state index contributed by atoms with van der Waals surface area (Å²) in [5.41, 5.74) is 1.34. The Morgan fingerprint density at radius 1 is 1.04 bits per heavy atom. The molecule has 2 aromatic rings. The van der Waals surface area contributed by atoms with Gasteiger partial charge in [-0.3, -0.25) is 19.3 Å². The lowest BCUT2D eigenvalue weighted by molar-refractivity contribution is 0.0647. The van der Waals surface area contributed by atoms with Gasteiger partial charge in [-0.2, -0.15) is 10.4 Å². The van der Waals surface area contributed by atoms with Crippen LogP contribution in [-0.2, 0) is 6.54 Å². The van der Waals surface area contributed by atoms with Crippen molar-refractivity contribution >= 4 is 11.8 Å². The van der Waals surface area contributed by atoms with Gasteiger partial charge >= 0.3 is 0 Å². The van der Waals surface area contributed by atoms with Crippen molar-refractivity contribution in [2.24, 2.45) is 0 Å². The van der Waals surface area contributed by atoms with E-state index in [9.17, 15) is 14.4 Å². The summed E-state index contributed by atoms with van der Waals surface area (Å²) in [5.74, 6) is -0.763. The van der Waals surface area contributed by atoms with Crippen LogP contribution in [0.1, 0.15) is 37.5 Å². The van der Waals surface area contributed by atoms with Crippen molar-refractivity contribution in [1.29, 1.82) is 5.26 Å². The lowest BCUT2D eigenvalue weighted by Gasteiger charge is -2.15. The van der Waals surface area contributed by atoms with E-state index in [4.69, 9.17) is 5.26 Å². The van der Waals surface area contributed by atoms with Crippen molar-refractivity contribution in [2.45, 2.75) is 20.4 Å². The van der Waals surface area contributed by atoms with Crippen molar-refractivity contribution in [1.82, 2.24) is 14.7 Å². The maximum atomic E-state index is 12.3. The SMILES string of the molecule is Cc1nn(CCN2C(=O)c3ccccc3C2=O)c(=O)c(C#N)c1C. The Morgan fingerprint density at radius 2 is 1.62 bits per heavy atom. The average molecular weight is 322 g/mol. The predicted molar refractivity (Wildman–Crippen MR) is 84.5 cm³/mol. The van der Waals surface area contributed by atoms with E-state index in [1.807, 2.05) is 6.07 Å². The molecule has 0 unspecified atom stereocenters. The molecule has 1 aliphatic rings. The molecule has 0 saturated carbocycles. The van der Waals surface area contributed by atoms with E-state index in [0.29, 0.717) is 22.4 Å². The largest absolute Gasteiger partial charge is 0.285 e. The van der Waals surface area contributed by atoms with Gasteiger partial charge in [-0.15, -0.1) is 0 Å². The van der Waals surface area contributed by atoms with Gasteiger partial charge in [0, 0.05) is 6.54 Å². The Labute approximate surface area is 137 Å². The van der Waals surface area contributed by atoms with Crippen LogP contribution in [0.4, 0.5) is 0 Å². The number of nitriles is 1. The number of benzene rings is 1. The quantitative estimate of drug-likeness (QED) is 0.786. The minimum absolute atomic E-state index is 0.0205. The van der Waals surface area contributed by atoms with Crippen LogP contribution < -0.4 is 5.56 Å². The van der Waals surface area contributed by atoms with Gasteiger partial charge < -0.3 is 0 Å². The Balaban J connectivity index is 1.87. The highest BCUT2D eigenvalue weighted by molar-refractivity contribution is 6.21. The topological polar surface area (TPSA) is 96.1 Å². The number of fused-ring (bicyclic) bond motifs is 1. The highest BCUT2D eigenvalue weighted by atomic mass is 16.2. The Bertz CT molecular complexity index is 934. The summed E-state index contributed by atoms with van der Waals surface area (Å²) in [6.07, 6.45) is 0. The summed E-state index contributed by atoms with van der Waals surface area (Å²) >= 11 is 0. The molecule has 0 atom stereocenters. The molecule has 24 heavy (non-hydrogen) atoms. The number of hydrogen-bond acceptors (Lipinski definition) is 5. The zero-order valence-electron chi connectivity index (χ0n) is 13.2. The first-order valence-corrected chi connectivity index (χ1v) is 7.39.